The highest BCUT2D eigenvalue weighted by molar-refractivity contribution is 5.82. The van der Waals surface area contributed by atoms with Gasteiger partial charge in [0.15, 0.2) is 0 Å². The van der Waals surface area contributed by atoms with Crippen LogP contribution in [-0.2, 0) is 4.79 Å². The molecule has 0 aromatic heterocycles. The van der Waals surface area contributed by atoms with Gasteiger partial charge < -0.3 is 15.3 Å². The Morgan fingerprint density at radius 3 is 2.56 bits per heavy atom. The fourth-order valence-corrected chi connectivity index (χ4v) is 2.37. The topological polar surface area (TPSA) is 69.6 Å². The van der Waals surface area contributed by atoms with Crippen molar-refractivity contribution in [1.82, 2.24) is 10.2 Å². The molecule has 0 saturated heterocycles. The van der Waals surface area contributed by atoms with Crippen LogP contribution in [0.1, 0.15) is 32.1 Å². The van der Waals surface area contributed by atoms with Crippen molar-refractivity contribution in [1.29, 1.82) is 0 Å². The third-order valence-corrected chi connectivity index (χ3v) is 3.42. The van der Waals surface area contributed by atoms with Gasteiger partial charge in [-0.3, -0.25) is 0 Å². The van der Waals surface area contributed by atoms with Crippen molar-refractivity contribution in [3.63, 3.8) is 0 Å². The van der Waals surface area contributed by atoms with E-state index in [1.807, 2.05) is 0 Å². The lowest BCUT2D eigenvalue weighted by Gasteiger charge is -2.29. The molecule has 2 amide bonds. The van der Waals surface area contributed by atoms with E-state index in [1.54, 1.807) is 13.1 Å². The number of carboxylic acid groups (broad SMARTS) is 1. The van der Waals surface area contributed by atoms with Crippen molar-refractivity contribution in [2.45, 2.75) is 38.1 Å². The van der Waals surface area contributed by atoms with Gasteiger partial charge in [-0.25, -0.2) is 9.59 Å². The summed E-state index contributed by atoms with van der Waals surface area (Å²) in [5.41, 5.74) is 0. The first kappa shape index (κ1) is 14.5. The number of aliphatic carboxylic acids is 1. The molecule has 0 aromatic carbocycles. The number of nitrogens with zero attached hydrogens (tertiary/aromatic N) is 1. The first-order valence-corrected chi connectivity index (χ1v) is 6.41. The van der Waals surface area contributed by atoms with Crippen molar-refractivity contribution in [3.05, 3.63) is 12.7 Å². The van der Waals surface area contributed by atoms with Gasteiger partial charge in [-0.2, -0.15) is 0 Å². The number of hydrogen-bond donors (Lipinski definition) is 2. The summed E-state index contributed by atoms with van der Waals surface area (Å²) in [6.07, 6.45) is 6.62. The van der Waals surface area contributed by atoms with E-state index in [9.17, 15) is 14.7 Å². The molecule has 1 aliphatic carbocycles. The molecule has 5 nitrogen and oxygen atoms in total. The second-order valence-electron chi connectivity index (χ2n) is 4.83. The molecule has 1 saturated carbocycles. The minimum Gasteiger partial charge on any atom is -0.480 e. The normalized spacial score (nSPS) is 17.8. The minimum atomic E-state index is -0.942. The Labute approximate surface area is 108 Å². The van der Waals surface area contributed by atoms with Crippen LogP contribution in [0.5, 0.6) is 0 Å². The van der Waals surface area contributed by atoms with Gasteiger partial charge in [0, 0.05) is 13.6 Å². The van der Waals surface area contributed by atoms with Crippen LogP contribution in [0.2, 0.25) is 0 Å². The number of nitrogens with one attached hydrogen (secondary N) is 1. The highest BCUT2D eigenvalue weighted by Gasteiger charge is 2.31. The van der Waals surface area contributed by atoms with Crippen LogP contribution in [-0.4, -0.2) is 41.6 Å². The Hall–Kier alpha value is -1.52. The highest BCUT2D eigenvalue weighted by Crippen LogP contribution is 2.26. The summed E-state index contributed by atoms with van der Waals surface area (Å²) in [5.74, 6) is -0.889. The molecule has 0 radical (unpaired) electrons. The zero-order valence-corrected chi connectivity index (χ0v) is 10.9. The highest BCUT2D eigenvalue weighted by atomic mass is 16.4. The number of carboxylic acids is 1. The van der Waals surface area contributed by atoms with Crippen molar-refractivity contribution in [2.75, 3.05) is 13.6 Å². The maximum atomic E-state index is 11.8. The van der Waals surface area contributed by atoms with Gasteiger partial charge in [0.1, 0.15) is 6.04 Å². The van der Waals surface area contributed by atoms with E-state index in [1.165, 1.54) is 4.90 Å². The number of carbonyl (C=O) groups is 2. The van der Waals surface area contributed by atoms with Gasteiger partial charge in [0.2, 0.25) is 0 Å². The predicted octanol–water partition coefficient (Wildman–Crippen LogP) is 1.85. The maximum absolute atomic E-state index is 11.8. The second kappa shape index (κ2) is 7.03. The summed E-state index contributed by atoms with van der Waals surface area (Å²) in [6.45, 7) is 3.95. The molecule has 1 fully saturated rings. The van der Waals surface area contributed by atoms with Crippen molar-refractivity contribution >= 4 is 12.0 Å². The van der Waals surface area contributed by atoms with Crippen LogP contribution in [0.25, 0.3) is 0 Å². The van der Waals surface area contributed by atoms with Gasteiger partial charge in [-0.1, -0.05) is 25.3 Å². The monoisotopic (exact) mass is 254 g/mol. The van der Waals surface area contributed by atoms with Gasteiger partial charge in [0.25, 0.3) is 0 Å². The molecule has 0 bridgehead atoms. The molecule has 2 N–H and O–H groups in total. The molecule has 0 aromatic rings. The second-order valence-corrected chi connectivity index (χ2v) is 4.83. The van der Waals surface area contributed by atoms with Crippen LogP contribution in [0.3, 0.4) is 0 Å². The van der Waals surface area contributed by atoms with Crippen LogP contribution >= 0.6 is 0 Å². The molecule has 0 heterocycles. The Bertz CT molecular complexity index is 311. The van der Waals surface area contributed by atoms with Crippen LogP contribution in [0.15, 0.2) is 12.7 Å². The summed E-state index contributed by atoms with van der Waals surface area (Å²) < 4.78 is 0. The van der Waals surface area contributed by atoms with Gasteiger partial charge in [-0.05, 0) is 18.8 Å². The van der Waals surface area contributed by atoms with Crippen LogP contribution in [0, 0.1) is 5.92 Å². The summed E-state index contributed by atoms with van der Waals surface area (Å²) in [5, 5.41) is 11.8. The number of rotatable bonds is 5. The lowest BCUT2D eigenvalue weighted by molar-refractivity contribution is -0.141. The molecule has 1 atom stereocenters. The average Bonchev–Trinajstić information content (AvgIpc) is 2.36. The molecule has 0 aliphatic heterocycles. The molecule has 0 spiro atoms. The number of urea groups is 1. The average molecular weight is 254 g/mol. The summed E-state index contributed by atoms with van der Waals surface area (Å²) in [4.78, 5) is 24.5. The summed E-state index contributed by atoms with van der Waals surface area (Å²) in [7, 11) is 1.62. The molecular weight excluding hydrogens is 232 g/mol. The van der Waals surface area contributed by atoms with E-state index in [2.05, 4.69) is 11.9 Å². The lowest BCUT2D eigenvalue weighted by atomic mass is 9.84. The Balaban J connectivity index is 2.59. The molecule has 1 unspecified atom stereocenters. The zero-order valence-electron chi connectivity index (χ0n) is 10.9. The fourth-order valence-electron chi connectivity index (χ4n) is 2.37. The van der Waals surface area contributed by atoms with Gasteiger partial charge in [0.05, 0.1) is 0 Å². The number of amides is 2. The SMILES string of the molecule is C=CCN(C)C(=O)NC(C(=O)O)C1CCCCC1. The zero-order chi connectivity index (χ0) is 13.5. The molecule has 1 rings (SSSR count). The smallest absolute Gasteiger partial charge is 0.326 e. The predicted molar refractivity (Wildman–Crippen MR) is 69.4 cm³/mol. The van der Waals surface area contributed by atoms with Gasteiger partial charge in [-0.15, -0.1) is 6.58 Å². The van der Waals surface area contributed by atoms with E-state index in [0.717, 1.165) is 32.1 Å². The van der Waals surface area contributed by atoms with E-state index >= 15 is 0 Å². The molecule has 102 valence electrons. The molecule has 5 heteroatoms. The first-order valence-electron chi connectivity index (χ1n) is 6.41. The number of likely N-dealkylation sites (N-methyl/N-ethyl adjacent to an activating group) is 1. The van der Waals surface area contributed by atoms with E-state index in [0.29, 0.717) is 6.54 Å². The molecule has 1 aliphatic rings. The Kier molecular flexibility index (Phi) is 5.68. The van der Waals surface area contributed by atoms with E-state index in [-0.39, 0.29) is 11.9 Å². The minimum absolute atomic E-state index is 0.0531. The van der Waals surface area contributed by atoms with Crippen molar-refractivity contribution in [3.8, 4) is 0 Å². The fraction of sp³-hybridized carbons (Fsp3) is 0.692. The van der Waals surface area contributed by atoms with Crippen molar-refractivity contribution < 1.29 is 14.7 Å². The summed E-state index contributed by atoms with van der Waals surface area (Å²) >= 11 is 0. The number of carbonyl (C=O) groups excluding carboxylic acids is 1. The molecular formula is C13H22N2O3. The van der Waals surface area contributed by atoms with Crippen LogP contribution < -0.4 is 5.32 Å². The van der Waals surface area contributed by atoms with E-state index < -0.39 is 12.0 Å². The van der Waals surface area contributed by atoms with Crippen LogP contribution in [0.4, 0.5) is 4.79 Å². The Morgan fingerprint density at radius 2 is 2.06 bits per heavy atom. The first-order chi connectivity index (χ1) is 8.56. The van der Waals surface area contributed by atoms with E-state index in [4.69, 9.17) is 0 Å². The Morgan fingerprint density at radius 1 is 1.44 bits per heavy atom. The standard InChI is InChI=1S/C13H22N2O3/c1-3-9-15(2)13(18)14-11(12(16)17)10-7-5-4-6-8-10/h3,10-11H,1,4-9H2,2H3,(H,14,18)(H,16,17). The third kappa shape index (κ3) is 4.05. The quantitative estimate of drug-likeness (QED) is 0.736. The maximum Gasteiger partial charge on any atom is 0.326 e. The summed E-state index contributed by atoms with van der Waals surface area (Å²) in [6, 6.07) is -1.13. The van der Waals surface area contributed by atoms with Gasteiger partial charge >= 0.3 is 12.0 Å². The molecule has 18 heavy (non-hydrogen) atoms. The number of hydrogen-bond acceptors (Lipinski definition) is 2. The largest absolute Gasteiger partial charge is 0.480 e. The van der Waals surface area contributed by atoms with Crippen molar-refractivity contribution in [2.24, 2.45) is 5.92 Å². The third-order valence-electron chi connectivity index (χ3n) is 3.42. The lowest BCUT2D eigenvalue weighted by Crippen LogP contribution is -2.50.